The summed E-state index contributed by atoms with van der Waals surface area (Å²) in [4.78, 5) is 25.0. The van der Waals surface area contributed by atoms with Crippen LogP contribution in [-0.4, -0.2) is 31.3 Å². The summed E-state index contributed by atoms with van der Waals surface area (Å²) in [6.45, 7) is 0.259. The van der Waals surface area contributed by atoms with Crippen molar-refractivity contribution in [1.82, 2.24) is 0 Å². The second kappa shape index (κ2) is 4.57. The van der Waals surface area contributed by atoms with E-state index in [0.717, 1.165) is 10.6 Å². The molecule has 16 heavy (non-hydrogen) atoms. The molecule has 0 atom stereocenters. The molecule has 0 unspecified atom stereocenters. The van der Waals surface area contributed by atoms with E-state index in [1.165, 1.54) is 0 Å². The average molecular weight is 237 g/mol. The SMILES string of the molecule is CSc1ccc(N2CC(=O)OC(=O)C2)cc1. The number of carbonyl (C=O) groups excluding carboxylic acids is 2. The van der Waals surface area contributed by atoms with Gasteiger partial charge in [-0.05, 0) is 30.5 Å². The molecule has 84 valence electrons. The quantitative estimate of drug-likeness (QED) is 0.441. The normalized spacial score (nSPS) is 16.2. The Morgan fingerprint density at radius 3 is 2.19 bits per heavy atom. The highest BCUT2D eigenvalue weighted by atomic mass is 32.2. The zero-order valence-corrected chi connectivity index (χ0v) is 9.62. The second-order valence-corrected chi connectivity index (χ2v) is 4.28. The molecule has 0 bridgehead atoms. The highest BCUT2D eigenvalue weighted by Crippen LogP contribution is 2.21. The van der Waals surface area contributed by atoms with Crippen molar-refractivity contribution in [3.8, 4) is 0 Å². The molecule has 0 saturated carbocycles. The van der Waals surface area contributed by atoms with Crippen LogP contribution in [-0.2, 0) is 14.3 Å². The van der Waals surface area contributed by atoms with Gasteiger partial charge in [0.05, 0.1) is 0 Å². The Morgan fingerprint density at radius 1 is 1.12 bits per heavy atom. The minimum atomic E-state index is -0.495. The third kappa shape index (κ3) is 2.36. The molecule has 0 aliphatic carbocycles. The van der Waals surface area contributed by atoms with Gasteiger partial charge in [0.25, 0.3) is 0 Å². The van der Waals surface area contributed by atoms with Crippen molar-refractivity contribution in [3.63, 3.8) is 0 Å². The number of thioether (sulfide) groups is 1. The van der Waals surface area contributed by atoms with Crippen LogP contribution in [0.2, 0.25) is 0 Å². The highest BCUT2D eigenvalue weighted by molar-refractivity contribution is 7.98. The molecule has 0 N–H and O–H groups in total. The van der Waals surface area contributed by atoms with Crippen LogP contribution in [0, 0.1) is 0 Å². The topological polar surface area (TPSA) is 46.6 Å². The first-order valence-corrected chi connectivity index (χ1v) is 6.04. The second-order valence-electron chi connectivity index (χ2n) is 3.40. The molecule has 1 fully saturated rings. The molecule has 2 rings (SSSR count). The molecule has 0 amide bonds. The fourth-order valence-electron chi connectivity index (χ4n) is 1.53. The minimum absolute atomic E-state index is 0.129. The van der Waals surface area contributed by atoms with Crippen molar-refractivity contribution in [2.45, 2.75) is 4.90 Å². The molecule has 4 nitrogen and oxygen atoms in total. The fraction of sp³-hybridized carbons (Fsp3) is 0.273. The number of nitrogens with zero attached hydrogens (tertiary/aromatic N) is 1. The van der Waals surface area contributed by atoms with Crippen LogP contribution in [0.4, 0.5) is 5.69 Å². The predicted molar refractivity (Wildman–Crippen MR) is 61.5 cm³/mol. The lowest BCUT2D eigenvalue weighted by atomic mass is 10.2. The van der Waals surface area contributed by atoms with E-state index >= 15 is 0 Å². The van der Waals surface area contributed by atoms with Gasteiger partial charge in [-0.3, -0.25) is 0 Å². The number of cyclic esters (lactones) is 2. The van der Waals surface area contributed by atoms with Crippen LogP contribution in [0.3, 0.4) is 0 Å². The van der Waals surface area contributed by atoms with E-state index < -0.39 is 11.9 Å². The Morgan fingerprint density at radius 2 is 1.69 bits per heavy atom. The van der Waals surface area contributed by atoms with Crippen molar-refractivity contribution in [2.75, 3.05) is 24.2 Å². The Bertz CT molecular complexity index is 400. The average Bonchev–Trinajstić information content (AvgIpc) is 2.28. The molecule has 1 saturated heterocycles. The standard InChI is InChI=1S/C11H11NO3S/c1-16-9-4-2-8(3-5-9)12-6-10(13)15-11(14)7-12/h2-5H,6-7H2,1H3. The maximum Gasteiger partial charge on any atom is 0.333 e. The smallest absolute Gasteiger partial charge is 0.333 e. The Kier molecular flexibility index (Phi) is 3.14. The number of rotatable bonds is 2. The first-order valence-electron chi connectivity index (χ1n) is 4.81. The van der Waals surface area contributed by atoms with E-state index in [-0.39, 0.29) is 13.1 Å². The zero-order valence-electron chi connectivity index (χ0n) is 8.80. The van der Waals surface area contributed by atoms with Gasteiger partial charge in [0.2, 0.25) is 0 Å². The zero-order chi connectivity index (χ0) is 11.5. The summed E-state index contributed by atoms with van der Waals surface area (Å²) in [5.41, 5.74) is 0.864. The van der Waals surface area contributed by atoms with Crippen LogP contribution >= 0.6 is 11.8 Å². The lowest BCUT2D eigenvalue weighted by molar-refractivity contribution is -0.160. The van der Waals surface area contributed by atoms with Crippen LogP contribution in [0.5, 0.6) is 0 Å². The molecule has 5 heteroatoms. The molecule has 1 aromatic rings. The molecular formula is C11H11NO3S. The summed E-state index contributed by atoms with van der Waals surface area (Å²) in [6.07, 6.45) is 2.00. The third-order valence-corrected chi connectivity index (χ3v) is 3.05. The Balaban J connectivity index is 2.16. The maximum absolute atomic E-state index is 11.1. The van der Waals surface area contributed by atoms with Crippen molar-refractivity contribution in [1.29, 1.82) is 0 Å². The van der Waals surface area contributed by atoms with Crippen LogP contribution in [0.15, 0.2) is 29.2 Å². The van der Waals surface area contributed by atoms with Gasteiger partial charge in [-0.25, -0.2) is 9.59 Å². The third-order valence-electron chi connectivity index (χ3n) is 2.31. The van der Waals surface area contributed by atoms with E-state index in [9.17, 15) is 9.59 Å². The first kappa shape index (κ1) is 11.0. The highest BCUT2D eigenvalue weighted by Gasteiger charge is 2.24. The largest absolute Gasteiger partial charge is 0.390 e. The van der Waals surface area contributed by atoms with E-state index in [4.69, 9.17) is 0 Å². The van der Waals surface area contributed by atoms with E-state index in [1.807, 2.05) is 30.5 Å². The molecular weight excluding hydrogens is 226 g/mol. The van der Waals surface area contributed by atoms with Gasteiger partial charge < -0.3 is 9.64 Å². The van der Waals surface area contributed by atoms with Crippen molar-refractivity contribution >= 4 is 29.4 Å². The number of anilines is 1. The molecule has 0 aromatic heterocycles. The van der Waals surface area contributed by atoms with Gasteiger partial charge >= 0.3 is 11.9 Å². The lowest BCUT2D eigenvalue weighted by Crippen LogP contribution is -2.42. The van der Waals surface area contributed by atoms with Crippen molar-refractivity contribution in [2.24, 2.45) is 0 Å². The Labute approximate surface area is 97.6 Å². The van der Waals surface area contributed by atoms with Crippen LogP contribution in [0.1, 0.15) is 0 Å². The lowest BCUT2D eigenvalue weighted by Gasteiger charge is -2.26. The first-order chi connectivity index (χ1) is 7.69. The van der Waals surface area contributed by atoms with Crippen molar-refractivity contribution in [3.05, 3.63) is 24.3 Å². The summed E-state index contributed by atoms with van der Waals surface area (Å²) >= 11 is 1.65. The Hall–Kier alpha value is -1.49. The van der Waals surface area contributed by atoms with Gasteiger partial charge in [0, 0.05) is 10.6 Å². The number of carbonyl (C=O) groups is 2. The maximum atomic E-state index is 11.1. The summed E-state index contributed by atoms with van der Waals surface area (Å²) < 4.78 is 4.46. The molecule has 1 heterocycles. The summed E-state index contributed by atoms with van der Waals surface area (Å²) in [5, 5.41) is 0. The van der Waals surface area contributed by atoms with Gasteiger partial charge in [-0.2, -0.15) is 0 Å². The predicted octanol–water partition coefficient (Wildman–Crippen LogP) is 1.30. The minimum Gasteiger partial charge on any atom is -0.390 e. The van der Waals surface area contributed by atoms with Gasteiger partial charge in [0.1, 0.15) is 13.1 Å². The number of esters is 2. The fourth-order valence-corrected chi connectivity index (χ4v) is 1.94. The van der Waals surface area contributed by atoms with Crippen LogP contribution < -0.4 is 4.90 Å². The number of morpholine rings is 1. The molecule has 0 spiro atoms. The van der Waals surface area contributed by atoms with E-state index in [0.29, 0.717) is 0 Å². The summed E-state index contributed by atoms with van der Waals surface area (Å²) in [5.74, 6) is -0.990. The van der Waals surface area contributed by atoms with Crippen molar-refractivity contribution < 1.29 is 14.3 Å². The van der Waals surface area contributed by atoms with E-state index in [2.05, 4.69) is 4.74 Å². The molecule has 0 radical (unpaired) electrons. The number of benzene rings is 1. The van der Waals surface area contributed by atoms with Crippen LogP contribution in [0.25, 0.3) is 0 Å². The number of hydrogen-bond acceptors (Lipinski definition) is 5. The van der Waals surface area contributed by atoms with Gasteiger partial charge in [-0.15, -0.1) is 11.8 Å². The number of ether oxygens (including phenoxy) is 1. The van der Waals surface area contributed by atoms with Gasteiger partial charge in [-0.1, -0.05) is 0 Å². The summed E-state index contributed by atoms with van der Waals surface area (Å²) in [6, 6.07) is 7.73. The molecule has 1 aliphatic heterocycles. The monoisotopic (exact) mass is 237 g/mol. The summed E-state index contributed by atoms with van der Waals surface area (Å²) in [7, 11) is 0. The molecule has 1 aromatic carbocycles. The molecule has 1 aliphatic rings. The van der Waals surface area contributed by atoms with Gasteiger partial charge in [0.15, 0.2) is 0 Å². The van der Waals surface area contributed by atoms with E-state index in [1.54, 1.807) is 16.7 Å². The number of hydrogen-bond donors (Lipinski definition) is 0.